The van der Waals surface area contributed by atoms with Gasteiger partial charge in [0.05, 0.1) is 23.1 Å². The van der Waals surface area contributed by atoms with Gasteiger partial charge in [-0.1, -0.05) is 12.1 Å². The zero-order valence-electron chi connectivity index (χ0n) is 11.2. The van der Waals surface area contributed by atoms with Crippen LogP contribution in [0.5, 0.6) is 23.0 Å². The average molecular weight is 370 g/mol. The number of carbonyl (C=O) groups excluding carboxylic acids is 2. The van der Waals surface area contributed by atoms with Crippen LogP contribution in [0, 0.1) is 0 Å². The summed E-state index contributed by atoms with van der Waals surface area (Å²) in [5, 5.41) is 55.9. The van der Waals surface area contributed by atoms with Gasteiger partial charge in [-0.3, -0.25) is 0 Å². The van der Waals surface area contributed by atoms with Crippen LogP contribution in [-0.4, -0.2) is 32.4 Å². The van der Waals surface area contributed by atoms with Crippen LogP contribution >= 0.6 is 0 Å². The number of aromatic hydroxyl groups is 4. The maximum absolute atomic E-state index is 10.2. The summed E-state index contributed by atoms with van der Waals surface area (Å²) in [6, 6.07) is 7.29. The third-order valence-corrected chi connectivity index (χ3v) is 2.45. The summed E-state index contributed by atoms with van der Waals surface area (Å²) in [6.07, 6.45) is 0. The molecule has 0 aliphatic heterocycles. The van der Waals surface area contributed by atoms with Gasteiger partial charge in [0.2, 0.25) is 0 Å². The fraction of sp³-hybridized carbons (Fsp3) is 0. The molecule has 1 radical (unpaired) electrons. The van der Waals surface area contributed by atoms with Crippen molar-refractivity contribution in [2.75, 3.05) is 0 Å². The second kappa shape index (κ2) is 8.52. The number of hydrogen-bond acceptors (Lipinski definition) is 8. The Morgan fingerprint density at radius 1 is 0.652 bits per heavy atom. The summed E-state index contributed by atoms with van der Waals surface area (Å²) >= 11 is 0. The van der Waals surface area contributed by atoms with E-state index in [2.05, 4.69) is 0 Å². The van der Waals surface area contributed by atoms with Crippen molar-refractivity contribution in [2.24, 2.45) is 0 Å². The molecule has 0 aromatic heterocycles. The fourth-order valence-electron chi connectivity index (χ4n) is 1.47. The van der Waals surface area contributed by atoms with Gasteiger partial charge in [0.1, 0.15) is 23.0 Å². The van der Waals surface area contributed by atoms with Gasteiger partial charge in [-0.15, -0.1) is 0 Å². The summed E-state index contributed by atoms with van der Waals surface area (Å²) < 4.78 is 0. The minimum Gasteiger partial charge on any atom is -0.545 e. The van der Waals surface area contributed by atoms with Crippen molar-refractivity contribution in [1.82, 2.24) is 0 Å². The minimum atomic E-state index is -1.60. The first-order chi connectivity index (χ1) is 10.3. The van der Waals surface area contributed by atoms with E-state index in [4.69, 9.17) is 20.4 Å². The Morgan fingerprint density at radius 3 is 1.00 bits per heavy atom. The van der Waals surface area contributed by atoms with E-state index in [1.54, 1.807) is 0 Å². The van der Waals surface area contributed by atoms with E-state index in [0.29, 0.717) is 0 Å². The Bertz CT molecular complexity index is 612. The summed E-state index contributed by atoms with van der Waals surface area (Å²) in [4.78, 5) is 20.4. The van der Waals surface area contributed by atoms with Gasteiger partial charge < -0.3 is 40.2 Å². The van der Waals surface area contributed by atoms with Crippen LogP contribution in [0.3, 0.4) is 0 Å². The zero-order chi connectivity index (χ0) is 16.9. The smallest absolute Gasteiger partial charge is 0.545 e. The average Bonchev–Trinajstić information content (AvgIpc) is 2.38. The predicted molar refractivity (Wildman–Crippen MR) is 68.2 cm³/mol. The third-order valence-electron chi connectivity index (χ3n) is 2.45. The minimum absolute atomic E-state index is 0. The number of carbonyl (C=O) groups is 2. The van der Waals surface area contributed by atoms with Gasteiger partial charge in [-0.25, -0.2) is 0 Å². The van der Waals surface area contributed by atoms with Gasteiger partial charge in [0, 0.05) is 0 Å². The topological polar surface area (TPSA) is 161 Å². The normalized spacial score (nSPS) is 9.04. The first-order valence-electron chi connectivity index (χ1n) is 5.70. The summed E-state index contributed by atoms with van der Waals surface area (Å²) in [6.45, 7) is 0. The van der Waals surface area contributed by atoms with Crippen molar-refractivity contribution in [3.05, 3.63) is 47.5 Å². The van der Waals surface area contributed by atoms with Crippen LogP contribution in [-0.2, 0) is 17.1 Å². The predicted octanol–water partition coefficient (Wildman–Crippen LogP) is -1.08. The SMILES string of the molecule is O=C([O-])c1c(O)cccc1O.O=C([O-])c1c(O)cccc1O.[Cu+2]. The second-order valence-electron chi connectivity index (χ2n) is 3.92. The second-order valence-corrected chi connectivity index (χ2v) is 3.92. The van der Waals surface area contributed by atoms with Gasteiger partial charge in [0.25, 0.3) is 0 Å². The summed E-state index contributed by atoms with van der Waals surface area (Å²) in [5.41, 5.74) is -1.15. The van der Waals surface area contributed by atoms with Gasteiger partial charge in [0.15, 0.2) is 0 Å². The number of carboxylic acids is 2. The van der Waals surface area contributed by atoms with E-state index < -0.39 is 46.1 Å². The third kappa shape index (κ3) is 5.10. The molecule has 125 valence electrons. The van der Waals surface area contributed by atoms with Crippen molar-refractivity contribution in [3.63, 3.8) is 0 Å². The molecule has 8 nitrogen and oxygen atoms in total. The molecule has 4 N–H and O–H groups in total. The van der Waals surface area contributed by atoms with E-state index in [-0.39, 0.29) is 17.1 Å². The van der Waals surface area contributed by atoms with Crippen molar-refractivity contribution in [2.45, 2.75) is 0 Å². The zero-order valence-corrected chi connectivity index (χ0v) is 12.1. The fourth-order valence-corrected chi connectivity index (χ4v) is 1.47. The first kappa shape index (κ1) is 20.1. The summed E-state index contributed by atoms with van der Waals surface area (Å²) in [5.74, 6) is -5.17. The largest absolute Gasteiger partial charge is 2.00 e. The van der Waals surface area contributed by atoms with E-state index in [1.165, 1.54) is 12.1 Å². The molecule has 0 saturated heterocycles. The molecular formula is C14H10CuO8. The van der Waals surface area contributed by atoms with Crippen LogP contribution in [0.1, 0.15) is 20.7 Å². The van der Waals surface area contributed by atoms with Crippen LogP contribution in [0.15, 0.2) is 36.4 Å². The molecule has 2 aromatic carbocycles. The maximum Gasteiger partial charge on any atom is 2.00 e. The molecular weight excluding hydrogens is 360 g/mol. The van der Waals surface area contributed by atoms with Crippen LogP contribution in [0.2, 0.25) is 0 Å². The van der Waals surface area contributed by atoms with Gasteiger partial charge in [-0.05, 0) is 24.3 Å². The standard InChI is InChI=1S/2C7H6O4.Cu/c2*8-4-2-1-3-5(9)6(4)7(10)11;/h2*1-3,8-9H,(H,10,11);/q;;+2/p-2. The number of aromatic carboxylic acids is 2. The molecule has 0 atom stereocenters. The van der Waals surface area contributed by atoms with Gasteiger partial charge >= 0.3 is 17.1 Å². The first-order valence-corrected chi connectivity index (χ1v) is 5.70. The number of carboxylic acid groups (broad SMARTS) is 2. The quantitative estimate of drug-likeness (QED) is 0.486. The Kier molecular flexibility index (Phi) is 7.45. The monoisotopic (exact) mass is 369 g/mol. The Hall–Kier alpha value is -2.90. The van der Waals surface area contributed by atoms with E-state index in [9.17, 15) is 19.8 Å². The molecule has 23 heavy (non-hydrogen) atoms. The molecule has 0 fully saturated rings. The molecule has 0 aliphatic rings. The molecule has 2 rings (SSSR count). The molecule has 0 spiro atoms. The Morgan fingerprint density at radius 2 is 0.870 bits per heavy atom. The maximum atomic E-state index is 10.2. The van der Waals surface area contributed by atoms with Crippen LogP contribution in [0.25, 0.3) is 0 Å². The van der Waals surface area contributed by atoms with Crippen molar-refractivity contribution < 1.29 is 57.3 Å². The Labute approximate surface area is 140 Å². The summed E-state index contributed by atoms with van der Waals surface area (Å²) in [7, 11) is 0. The molecule has 2 aromatic rings. The van der Waals surface area contributed by atoms with Gasteiger partial charge in [-0.2, -0.15) is 0 Å². The number of hydrogen-bond donors (Lipinski definition) is 4. The molecule has 0 aliphatic carbocycles. The van der Waals surface area contributed by atoms with Crippen LogP contribution in [0.4, 0.5) is 0 Å². The van der Waals surface area contributed by atoms with Crippen LogP contribution < -0.4 is 10.2 Å². The van der Waals surface area contributed by atoms with Crippen molar-refractivity contribution >= 4 is 11.9 Å². The van der Waals surface area contributed by atoms with E-state index in [0.717, 1.165) is 24.3 Å². The van der Waals surface area contributed by atoms with Crippen molar-refractivity contribution in [1.29, 1.82) is 0 Å². The molecule has 9 heteroatoms. The number of phenols is 4. The van der Waals surface area contributed by atoms with E-state index >= 15 is 0 Å². The molecule has 0 bridgehead atoms. The number of benzene rings is 2. The van der Waals surface area contributed by atoms with Crippen molar-refractivity contribution in [3.8, 4) is 23.0 Å². The Balaban J connectivity index is 0.000000403. The van der Waals surface area contributed by atoms with E-state index in [1.807, 2.05) is 0 Å². The number of rotatable bonds is 2. The molecule has 0 heterocycles. The molecule has 0 saturated carbocycles. The molecule has 0 unspecified atom stereocenters. The molecule has 0 amide bonds.